The molecule has 0 aliphatic rings. The Morgan fingerprint density at radius 3 is 2.55 bits per heavy atom. The molecule has 0 saturated heterocycles. The fraction of sp³-hybridized carbons (Fsp3) is 0.571. The van der Waals surface area contributed by atoms with E-state index in [2.05, 4.69) is 24.5 Å². The van der Waals surface area contributed by atoms with Gasteiger partial charge in [-0.15, -0.1) is 11.3 Å². The number of carboxylic acids is 1. The molecule has 1 rings (SSSR count). The highest BCUT2D eigenvalue weighted by atomic mass is 32.1. The second kappa shape index (κ2) is 7.89. The number of nitrogens with one attached hydrogen (secondary N) is 2. The lowest BCUT2D eigenvalue weighted by molar-refractivity contribution is -0.137. The van der Waals surface area contributed by atoms with Crippen LogP contribution in [0.1, 0.15) is 38.1 Å². The first-order chi connectivity index (χ1) is 9.40. The van der Waals surface area contributed by atoms with Crippen LogP contribution in [0.4, 0.5) is 4.79 Å². The standard InChI is InChI=1S/C14H22N2O3S/c1-9(2)13(11-5-4-6-20-11)16-14(19)15-8-10(3)7-12(17)18/h4-6,9-10,13H,7-8H2,1-3H3,(H,17,18)(H2,15,16,19). The number of aliphatic carboxylic acids is 1. The third kappa shape index (κ3) is 5.61. The zero-order valence-corrected chi connectivity index (χ0v) is 12.9. The summed E-state index contributed by atoms with van der Waals surface area (Å²) in [5.41, 5.74) is 0. The molecule has 2 amide bonds. The largest absolute Gasteiger partial charge is 0.481 e. The molecule has 0 aliphatic carbocycles. The smallest absolute Gasteiger partial charge is 0.315 e. The van der Waals surface area contributed by atoms with Gasteiger partial charge >= 0.3 is 12.0 Å². The minimum atomic E-state index is -0.849. The Labute approximate surface area is 123 Å². The van der Waals surface area contributed by atoms with Crippen LogP contribution >= 0.6 is 11.3 Å². The molecule has 1 aromatic rings. The van der Waals surface area contributed by atoms with Gasteiger partial charge in [0.2, 0.25) is 0 Å². The van der Waals surface area contributed by atoms with Gasteiger partial charge in [-0.2, -0.15) is 0 Å². The molecular formula is C14H22N2O3S. The number of hydrogen-bond donors (Lipinski definition) is 3. The predicted molar refractivity (Wildman–Crippen MR) is 79.8 cm³/mol. The minimum absolute atomic E-state index is 0.0234. The van der Waals surface area contributed by atoms with E-state index in [1.54, 1.807) is 18.3 Å². The number of carboxylic acid groups (broad SMARTS) is 1. The average Bonchev–Trinajstić information content (AvgIpc) is 2.85. The van der Waals surface area contributed by atoms with Gasteiger partial charge in [0.1, 0.15) is 0 Å². The van der Waals surface area contributed by atoms with Crippen molar-refractivity contribution in [2.24, 2.45) is 11.8 Å². The fourth-order valence-electron chi connectivity index (χ4n) is 1.86. The highest BCUT2D eigenvalue weighted by Crippen LogP contribution is 2.25. The van der Waals surface area contributed by atoms with Crippen molar-refractivity contribution in [3.05, 3.63) is 22.4 Å². The van der Waals surface area contributed by atoms with Crippen molar-refractivity contribution >= 4 is 23.3 Å². The van der Waals surface area contributed by atoms with E-state index < -0.39 is 5.97 Å². The Morgan fingerprint density at radius 2 is 2.05 bits per heavy atom. The summed E-state index contributed by atoms with van der Waals surface area (Å²) in [5.74, 6) is -0.647. The molecule has 1 aromatic heterocycles. The summed E-state index contributed by atoms with van der Waals surface area (Å²) < 4.78 is 0. The summed E-state index contributed by atoms with van der Waals surface area (Å²) in [6, 6.07) is 3.69. The molecule has 1 heterocycles. The van der Waals surface area contributed by atoms with E-state index >= 15 is 0 Å². The van der Waals surface area contributed by atoms with Gasteiger partial charge < -0.3 is 15.7 Å². The van der Waals surface area contributed by atoms with E-state index in [1.807, 2.05) is 17.5 Å². The Bertz CT molecular complexity index is 432. The normalized spacial score (nSPS) is 13.8. The summed E-state index contributed by atoms with van der Waals surface area (Å²) >= 11 is 1.61. The third-order valence-corrected chi connectivity index (χ3v) is 3.89. The maximum absolute atomic E-state index is 11.9. The molecule has 2 atom stereocenters. The number of urea groups is 1. The van der Waals surface area contributed by atoms with Gasteiger partial charge in [0.15, 0.2) is 0 Å². The highest BCUT2D eigenvalue weighted by Gasteiger charge is 2.19. The van der Waals surface area contributed by atoms with Crippen LogP contribution in [0.2, 0.25) is 0 Å². The van der Waals surface area contributed by atoms with Crippen LogP contribution in [-0.4, -0.2) is 23.7 Å². The van der Waals surface area contributed by atoms with Gasteiger partial charge in [0, 0.05) is 17.8 Å². The van der Waals surface area contributed by atoms with Crippen LogP contribution in [0.15, 0.2) is 17.5 Å². The molecule has 0 radical (unpaired) electrons. The monoisotopic (exact) mass is 298 g/mol. The number of carbonyl (C=O) groups excluding carboxylic acids is 1. The van der Waals surface area contributed by atoms with E-state index in [0.29, 0.717) is 6.54 Å². The zero-order chi connectivity index (χ0) is 15.1. The van der Waals surface area contributed by atoms with Crippen LogP contribution in [0.5, 0.6) is 0 Å². The number of rotatable bonds is 7. The Kier molecular flexibility index (Phi) is 6.51. The molecule has 20 heavy (non-hydrogen) atoms. The maximum Gasteiger partial charge on any atom is 0.315 e. The second-order valence-electron chi connectivity index (χ2n) is 5.29. The molecule has 0 aliphatic heterocycles. The molecule has 0 fully saturated rings. The summed E-state index contributed by atoms with van der Waals surface area (Å²) in [4.78, 5) is 23.5. The molecule has 0 aromatic carbocycles. The van der Waals surface area contributed by atoms with Crippen molar-refractivity contribution in [2.45, 2.75) is 33.2 Å². The molecule has 2 unspecified atom stereocenters. The van der Waals surface area contributed by atoms with Gasteiger partial charge in [-0.1, -0.05) is 26.8 Å². The van der Waals surface area contributed by atoms with E-state index in [4.69, 9.17) is 5.11 Å². The first-order valence-corrected chi connectivity index (χ1v) is 7.57. The molecule has 0 spiro atoms. The first kappa shape index (κ1) is 16.5. The van der Waals surface area contributed by atoms with E-state index in [-0.39, 0.29) is 30.3 Å². The average molecular weight is 298 g/mol. The van der Waals surface area contributed by atoms with Crippen LogP contribution in [-0.2, 0) is 4.79 Å². The van der Waals surface area contributed by atoms with Gasteiger partial charge in [0.25, 0.3) is 0 Å². The second-order valence-corrected chi connectivity index (χ2v) is 6.27. The van der Waals surface area contributed by atoms with E-state index in [1.165, 1.54) is 0 Å². The Hall–Kier alpha value is -1.56. The lowest BCUT2D eigenvalue weighted by Crippen LogP contribution is -2.41. The Balaban J connectivity index is 2.45. The topological polar surface area (TPSA) is 78.4 Å². The predicted octanol–water partition coefficient (Wildman–Crippen LogP) is 2.86. The highest BCUT2D eigenvalue weighted by molar-refractivity contribution is 7.10. The summed E-state index contributed by atoms with van der Waals surface area (Å²) in [6.07, 6.45) is 0.0544. The lowest BCUT2D eigenvalue weighted by atomic mass is 10.0. The van der Waals surface area contributed by atoms with Crippen molar-refractivity contribution in [3.8, 4) is 0 Å². The van der Waals surface area contributed by atoms with E-state index in [9.17, 15) is 9.59 Å². The SMILES string of the molecule is CC(CNC(=O)NC(c1cccs1)C(C)C)CC(=O)O. The van der Waals surface area contributed by atoms with Crippen molar-refractivity contribution in [1.29, 1.82) is 0 Å². The molecule has 112 valence electrons. The van der Waals surface area contributed by atoms with Gasteiger partial charge in [-0.3, -0.25) is 4.79 Å². The molecule has 6 heteroatoms. The van der Waals surface area contributed by atoms with Crippen molar-refractivity contribution in [1.82, 2.24) is 10.6 Å². The van der Waals surface area contributed by atoms with Crippen LogP contribution in [0.3, 0.4) is 0 Å². The lowest BCUT2D eigenvalue weighted by Gasteiger charge is -2.22. The summed E-state index contributed by atoms with van der Waals surface area (Å²) in [5, 5.41) is 16.3. The van der Waals surface area contributed by atoms with Gasteiger partial charge in [0.05, 0.1) is 6.04 Å². The first-order valence-electron chi connectivity index (χ1n) is 6.69. The van der Waals surface area contributed by atoms with Crippen LogP contribution < -0.4 is 10.6 Å². The van der Waals surface area contributed by atoms with Gasteiger partial charge in [-0.25, -0.2) is 4.79 Å². The maximum atomic E-state index is 11.9. The number of amides is 2. The summed E-state index contributed by atoms with van der Waals surface area (Å²) in [7, 11) is 0. The Morgan fingerprint density at radius 1 is 1.35 bits per heavy atom. The van der Waals surface area contributed by atoms with Crippen LogP contribution in [0, 0.1) is 11.8 Å². The number of hydrogen-bond acceptors (Lipinski definition) is 3. The quantitative estimate of drug-likeness (QED) is 0.724. The zero-order valence-electron chi connectivity index (χ0n) is 12.1. The molecule has 3 N–H and O–H groups in total. The summed E-state index contributed by atoms with van der Waals surface area (Å²) in [6.45, 7) is 6.26. The van der Waals surface area contributed by atoms with E-state index in [0.717, 1.165) is 4.88 Å². The minimum Gasteiger partial charge on any atom is -0.481 e. The van der Waals surface area contributed by atoms with Crippen molar-refractivity contribution in [2.75, 3.05) is 6.54 Å². The van der Waals surface area contributed by atoms with Gasteiger partial charge in [-0.05, 0) is 23.3 Å². The van der Waals surface area contributed by atoms with Crippen molar-refractivity contribution < 1.29 is 14.7 Å². The van der Waals surface area contributed by atoms with Crippen molar-refractivity contribution in [3.63, 3.8) is 0 Å². The molecular weight excluding hydrogens is 276 g/mol. The molecule has 0 saturated carbocycles. The van der Waals surface area contributed by atoms with Crippen LogP contribution in [0.25, 0.3) is 0 Å². The number of thiophene rings is 1. The fourth-order valence-corrected chi connectivity index (χ4v) is 2.81. The molecule has 0 bridgehead atoms. The number of carbonyl (C=O) groups is 2. The third-order valence-electron chi connectivity index (χ3n) is 2.94. The molecule has 5 nitrogen and oxygen atoms in total.